The van der Waals surface area contributed by atoms with Crippen molar-refractivity contribution in [1.82, 2.24) is 35.3 Å². The molecule has 29 heavy (non-hydrogen) atoms. The molecule has 0 saturated carbocycles. The molecule has 0 aliphatic carbocycles. The van der Waals surface area contributed by atoms with Crippen molar-refractivity contribution < 1.29 is 9.59 Å². The van der Waals surface area contributed by atoms with Gasteiger partial charge in [0, 0.05) is 38.6 Å². The summed E-state index contributed by atoms with van der Waals surface area (Å²) in [7, 11) is 0. The minimum Gasteiger partial charge on any atom is -0.339 e. The molecule has 2 aromatic rings. The minimum atomic E-state index is -0.495. The second-order valence-corrected chi connectivity index (χ2v) is 7.72. The van der Waals surface area contributed by atoms with Gasteiger partial charge in [-0.05, 0) is 35.8 Å². The van der Waals surface area contributed by atoms with E-state index in [-0.39, 0.29) is 17.9 Å². The van der Waals surface area contributed by atoms with Crippen LogP contribution in [0.5, 0.6) is 0 Å². The maximum atomic E-state index is 13.6. The first kappa shape index (κ1) is 19.5. The summed E-state index contributed by atoms with van der Waals surface area (Å²) in [5, 5.41) is 14.9. The molecule has 9 nitrogen and oxygen atoms in total. The van der Waals surface area contributed by atoms with Crippen LogP contribution in [-0.4, -0.2) is 80.6 Å². The molecule has 2 amide bonds. The van der Waals surface area contributed by atoms with Gasteiger partial charge in [0.15, 0.2) is 0 Å². The lowest BCUT2D eigenvalue weighted by Gasteiger charge is -2.41. The number of hydrogen-bond donors (Lipinski definition) is 1. The quantitative estimate of drug-likeness (QED) is 0.774. The second-order valence-electron chi connectivity index (χ2n) is 7.72. The smallest absolute Gasteiger partial charge is 0.248 e. The highest BCUT2D eigenvalue weighted by molar-refractivity contribution is 5.82. The van der Waals surface area contributed by atoms with Gasteiger partial charge in [0.25, 0.3) is 0 Å². The predicted molar refractivity (Wildman–Crippen MR) is 106 cm³/mol. The van der Waals surface area contributed by atoms with Gasteiger partial charge in [-0.3, -0.25) is 9.59 Å². The Kier molecular flexibility index (Phi) is 5.84. The van der Waals surface area contributed by atoms with E-state index in [1.807, 2.05) is 47.1 Å². The summed E-state index contributed by atoms with van der Waals surface area (Å²) >= 11 is 0. The third-order valence-corrected chi connectivity index (χ3v) is 5.78. The number of aromatic nitrogens is 4. The Morgan fingerprint density at radius 1 is 1.28 bits per heavy atom. The van der Waals surface area contributed by atoms with Crippen molar-refractivity contribution in [2.75, 3.05) is 32.7 Å². The summed E-state index contributed by atoms with van der Waals surface area (Å²) in [4.78, 5) is 29.7. The fraction of sp³-hybridized carbons (Fsp3) is 0.550. The Hall–Kier alpha value is -2.81. The van der Waals surface area contributed by atoms with Crippen LogP contribution in [0.1, 0.15) is 30.3 Å². The van der Waals surface area contributed by atoms with Gasteiger partial charge >= 0.3 is 0 Å². The average molecular weight is 397 g/mol. The van der Waals surface area contributed by atoms with Crippen molar-refractivity contribution >= 4 is 11.8 Å². The highest BCUT2D eigenvalue weighted by Gasteiger charge is 2.35. The molecule has 1 aromatic heterocycles. The Balaban J connectivity index is 1.53. The fourth-order valence-corrected chi connectivity index (χ4v) is 4.27. The summed E-state index contributed by atoms with van der Waals surface area (Å²) in [6, 6.07) is 9.51. The summed E-state index contributed by atoms with van der Waals surface area (Å²) in [6.07, 6.45) is 2.35. The van der Waals surface area contributed by atoms with Crippen molar-refractivity contribution in [2.24, 2.45) is 0 Å². The first-order valence-electron chi connectivity index (χ1n) is 10.2. The molecule has 2 unspecified atom stereocenters. The number of rotatable bonds is 5. The van der Waals surface area contributed by atoms with Gasteiger partial charge in [-0.25, -0.2) is 4.68 Å². The lowest BCUT2D eigenvalue weighted by atomic mass is 10.00. The lowest BCUT2D eigenvalue weighted by Crippen LogP contribution is -2.58. The minimum absolute atomic E-state index is 0.0107. The molecular formula is C20H27N7O2. The van der Waals surface area contributed by atoms with E-state index in [1.54, 1.807) is 4.68 Å². The fourth-order valence-electron chi connectivity index (χ4n) is 4.27. The SMILES string of the molecule is Cc1nnnn1C(Cc1ccccc1)C(=O)N1CCCC(N2CCNCC2=O)C1. The molecule has 1 aromatic carbocycles. The van der Waals surface area contributed by atoms with E-state index in [1.165, 1.54) is 0 Å². The van der Waals surface area contributed by atoms with Gasteiger partial charge < -0.3 is 15.1 Å². The highest BCUT2D eigenvalue weighted by Crippen LogP contribution is 2.23. The van der Waals surface area contributed by atoms with Crippen LogP contribution in [0, 0.1) is 6.92 Å². The van der Waals surface area contributed by atoms with Gasteiger partial charge in [-0.2, -0.15) is 0 Å². The molecule has 0 bridgehead atoms. The number of benzene rings is 1. The van der Waals surface area contributed by atoms with E-state index in [0.717, 1.165) is 24.9 Å². The van der Waals surface area contributed by atoms with Crippen molar-refractivity contribution in [3.8, 4) is 0 Å². The van der Waals surface area contributed by atoms with Crippen LogP contribution in [0.15, 0.2) is 30.3 Å². The topological polar surface area (TPSA) is 96.2 Å². The molecule has 4 rings (SSSR count). The normalized spacial score (nSPS) is 21.3. The number of tetrazole rings is 1. The van der Waals surface area contributed by atoms with Gasteiger partial charge in [-0.15, -0.1) is 5.10 Å². The van der Waals surface area contributed by atoms with E-state index in [4.69, 9.17) is 0 Å². The van der Waals surface area contributed by atoms with Crippen molar-refractivity contribution in [2.45, 2.75) is 38.3 Å². The molecule has 2 aliphatic rings. The first-order valence-corrected chi connectivity index (χ1v) is 10.2. The van der Waals surface area contributed by atoms with E-state index in [2.05, 4.69) is 20.8 Å². The number of amides is 2. The van der Waals surface area contributed by atoms with Crippen LogP contribution in [-0.2, 0) is 16.0 Å². The molecule has 2 atom stereocenters. The van der Waals surface area contributed by atoms with E-state index < -0.39 is 6.04 Å². The number of piperazine rings is 1. The van der Waals surface area contributed by atoms with Crippen LogP contribution in [0.2, 0.25) is 0 Å². The molecule has 154 valence electrons. The van der Waals surface area contributed by atoms with Crippen LogP contribution in [0.25, 0.3) is 0 Å². The number of nitrogens with zero attached hydrogens (tertiary/aromatic N) is 6. The molecule has 2 aliphatic heterocycles. The zero-order valence-corrected chi connectivity index (χ0v) is 16.7. The number of carbonyl (C=O) groups excluding carboxylic acids is 2. The summed E-state index contributed by atoms with van der Waals surface area (Å²) < 4.78 is 1.62. The third-order valence-electron chi connectivity index (χ3n) is 5.78. The zero-order chi connectivity index (χ0) is 20.2. The van der Waals surface area contributed by atoms with Gasteiger partial charge in [0.2, 0.25) is 11.8 Å². The number of piperidine rings is 1. The molecular weight excluding hydrogens is 370 g/mol. The monoisotopic (exact) mass is 397 g/mol. The Bertz CT molecular complexity index is 854. The van der Waals surface area contributed by atoms with Crippen LogP contribution < -0.4 is 5.32 Å². The molecule has 1 N–H and O–H groups in total. The number of aryl methyl sites for hydroxylation is 1. The van der Waals surface area contributed by atoms with Crippen LogP contribution in [0.4, 0.5) is 0 Å². The standard InChI is InChI=1S/C20H27N7O2/c1-15-22-23-24-27(15)18(12-16-6-3-2-4-7-16)20(29)25-10-5-8-17(14-25)26-11-9-21-13-19(26)28/h2-4,6-7,17-18,21H,5,8-14H2,1H3. The van der Waals surface area contributed by atoms with Crippen molar-refractivity contribution in [1.29, 1.82) is 0 Å². The highest BCUT2D eigenvalue weighted by atomic mass is 16.2. The van der Waals surface area contributed by atoms with Crippen LogP contribution in [0.3, 0.4) is 0 Å². The number of likely N-dealkylation sites (tertiary alicyclic amines) is 1. The molecule has 0 spiro atoms. The Morgan fingerprint density at radius 3 is 2.83 bits per heavy atom. The van der Waals surface area contributed by atoms with Gasteiger partial charge in [-0.1, -0.05) is 30.3 Å². The zero-order valence-electron chi connectivity index (χ0n) is 16.7. The maximum absolute atomic E-state index is 13.6. The van der Waals surface area contributed by atoms with Crippen molar-refractivity contribution in [3.05, 3.63) is 41.7 Å². The van der Waals surface area contributed by atoms with Crippen molar-refractivity contribution in [3.63, 3.8) is 0 Å². The maximum Gasteiger partial charge on any atom is 0.248 e. The third kappa shape index (κ3) is 4.29. The lowest BCUT2D eigenvalue weighted by molar-refractivity contribution is -0.142. The molecule has 3 heterocycles. The molecule has 9 heteroatoms. The first-order chi connectivity index (χ1) is 14.1. The molecule has 0 radical (unpaired) electrons. The largest absolute Gasteiger partial charge is 0.339 e. The van der Waals surface area contributed by atoms with E-state index in [9.17, 15) is 9.59 Å². The number of nitrogens with one attached hydrogen (secondary N) is 1. The van der Waals surface area contributed by atoms with E-state index >= 15 is 0 Å². The van der Waals surface area contributed by atoms with Gasteiger partial charge in [0.1, 0.15) is 11.9 Å². The second kappa shape index (κ2) is 8.69. The summed E-state index contributed by atoms with van der Waals surface area (Å²) in [6.45, 7) is 4.95. The summed E-state index contributed by atoms with van der Waals surface area (Å²) in [5.74, 6) is 0.745. The summed E-state index contributed by atoms with van der Waals surface area (Å²) in [5.41, 5.74) is 1.06. The number of hydrogen-bond acceptors (Lipinski definition) is 6. The van der Waals surface area contributed by atoms with Crippen LogP contribution >= 0.6 is 0 Å². The number of carbonyl (C=O) groups is 2. The van der Waals surface area contributed by atoms with E-state index in [0.29, 0.717) is 38.4 Å². The van der Waals surface area contributed by atoms with Gasteiger partial charge in [0.05, 0.1) is 6.54 Å². The Labute approximate surface area is 170 Å². The Morgan fingerprint density at radius 2 is 2.10 bits per heavy atom. The molecule has 2 fully saturated rings. The molecule has 2 saturated heterocycles. The average Bonchev–Trinajstić information content (AvgIpc) is 3.18. The predicted octanol–water partition coefficient (Wildman–Crippen LogP) is 0.188.